The highest BCUT2D eigenvalue weighted by Crippen LogP contribution is 2.32. The van der Waals surface area contributed by atoms with Crippen molar-refractivity contribution in [3.8, 4) is 23.6 Å². The molecule has 0 unspecified atom stereocenters. The van der Waals surface area contributed by atoms with Crippen LogP contribution >= 0.6 is 0 Å². The normalized spacial score (nSPS) is 14.0. The third-order valence-corrected chi connectivity index (χ3v) is 5.98. The van der Waals surface area contributed by atoms with Crippen LogP contribution in [0, 0.1) is 12.3 Å². The van der Waals surface area contributed by atoms with Crippen molar-refractivity contribution >= 4 is 22.3 Å². The number of terminal acetylenes is 1. The number of anilines is 2. The molecule has 4 heterocycles. The Morgan fingerprint density at radius 2 is 1.71 bits per heavy atom. The molecule has 0 N–H and O–H groups in total. The van der Waals surface area contributed by atoms with Crippen LogP contribution in [0.25, 0.3) is 22.2 Å². The standard InChI is InChI=1S/C26H25N5/c1-2-3-14-30-15-10-21-6-7-22(20-25(21)30)26-24(5-4-11-28-26)31-18-16-29(17-19-31)23-8-12-27-13-9-23/h1,4-13,15,20H,3,14,16-19H2. The van der Waals surface area contributed by atoms with E-state index in [0.29, 0.717) is 0 Å². The molecule has 0 spiro atoms. The predicted molar refractivity (Wildman–Crippen MR) is 127 cm³/mol. The molecule has 1 aromatic carbocycles. The molecule has 0 atom stereocenters. The second kappa shape index (κ2) is 8.53. The minimum absolute atomic E-state index is 0.727. The van der Waals surface area contributed by atoms with E-state index in [-0.39, 0.29) is 0 Å². The Morgan fingerprint density at radius 1 is 0.903 bits per heavy atom. The van der Waals surface area contributed by atoms with Crippen molar-refractivity contribution < 1.29 is 0 Å². The van der Waals surface area contributed by atoms with Gasteiger partial charge in [0.05, 0.1) is 11.4 Å². The summed E-state index contributed by atoms with van der Waals surface area (Å²) in [5.41, 5.74) is 5.80. The molecule has 1 saturated heterocycles. The maximum Gasteiger partial charge on any atom is 0.0936 e. The van der Waals surface area contributed by atoms with Gasteiger partial charge in [-0.25, -0.2) is 0 Å². The van der Waals surface area contributed by atoms with Crippen LogP contribution in [0.15, 0.2) is 73.3 Å². The van der Waals surface area contributed by atoms with Crippen molar-refractivity contribution in [1.82, 2.24) is 14.5 Å². The fraction of sp³-hybridized carbons (Fsp3) is 0.231. The van der Waals surface area contributed by atoms with Gasteiger partial charge in [0, 0.05) is 80.7 Å². The zero-order valence-corrected chi connectivity index (χ0v) is 17.5. The highest BCUT2D eigenvalue weighted by atomic mass is 15.3. The summed E-state index contributed by atoms with van der Waals surface area (Å²) in [6.07, 6.45) is 13.9. The Morgan fingerprint density at radius 3 is 2.52 bits per heavy atom. The second-order valence-corrected chi connectivity index (χ2v) is 7.79. The monoisotopic (exact) mass is 407 g/mol. The molecule has 4 aromatic rings. The molecule has 3 aromatic heterocycles. The molecule has 5 heteroatoms. The van der Waals surface area contributed by atoms with E-state index in [9.17, 15) is 0 Å². The topological polar surface area (TPSA) is 37.2 Å². The Labute approximate surface area is 183 Å². The molecule has 31 heavy (non-hydrogen) atoms. The number of aryl methyl sites for hydroxylation is 1. The fourth-order valence-corrected chi connectivity index (χ4v) is 4.35. The van der Waals surface area contributed by atoms with Gasteiger partial charge < -0.3 is 14.4 Å². The molecule has 0 aliphatic carbocycles. The zero-order chi connectivity index (χ0) is 21.0. The lowest BCUT2D eigenvalue weighted by Gasteiger charge is -2.37. The number of aromatic nitrogens is 3. The second-order valence-electron chi connectivity index (χ2n) is 7.79. The van der Waals surface area contributed by atoms with Crippen LogP contribution in [-0.2, 0) is 6.54 Å². The molecule has 1 aliphatic rings. The maximum atomic E-state index is 5.47. The van der Waals surface area contributed by atoms with Gasteiger partial charge in [-0.05, 0) is 41.8 Å². The van der Waals surface area contributed by atoms with Gasteiger partial charge in [0.15, 0.2) is 0 Å². The number of benzene rings is 1. The van der Waals surface area contributed by atoms with E-state index in [1.807, 2.05) is 24.7 Å². The van der Waals surface area contributed by atoms with Crippen molar-refractivity contribution in [2.24, 2.45) is 0 Å². The Kier molecular flexibility index (Phi) is 5.28. The van der Waals surface area contributed by atoms with Crippen molar-refractivity contribution in [2.75, 3.05) is 36.0 Å². The maximum absolute atomic E-state index is 5.47. The average Bonchev–Trinajstić information content (AvgIpc) is 3.25. The van der Waals surface area contributed by atoms with E-state index < -0.39 is 0 Å². The lowest BCUT2D eigenvalue weighted by molar-refractivity contribution is 0.653. The van der Waals surface area contributed by atoms with E-state index in [4.69, 9.17) is 11.4 Å². The van der Waals surface area contributed by atoms with Gasteiger partial charge in [-0.3, -0.25) is 9.97 Å². The van der Waals surface area contributed by atoms with Crippen molar-refractivity contribution in [3.63, 3.8) is 0 Å². The number of hydrogen-bond acceptors (Lipinski definition) is 4. The predicted octanol–water partition coefficient (Wildman–Crippen LogP) is 4.45. The number of fused-ring (bicyclic) bond motifs is 1. The summed E-state index contributed by atoms with van der Waals surface area (Å²) in [5.74, 6) is 2.74. The smallest absolute Gasteiger partial charge is 0.0936 e. The third-order valence-electron chi connectivity index (χ3n) is 5.98. The Hall–Kier alpha value is -3.78. The molecule has 1 fully saturated rings. The highest BCUT2D eigenvalue weighted by molar-refractivity contribution is 5.87. The molecular formula is C26H25N5. The molecule has 0 bridgehead atoms. The molecule has 0 amide bonds. The van der Waals surface area contributed by atoms with Gasteiger partial charge in [0.1, 0.15) is 0 Å². The van der Waals surface area contributed by atoms with Gasteiger partial charge in [0.25, 0.3) is 0 Å². The number of rotatable bonds is 5. The summed E-state index contributed by atoms with van der Waals surface area (Å²) >= 11 is 0. The Balaban J connectivity index is 1.42. The largest absolute Gasteiger partial charge is 0.368 e. The van der Waals surface area contributed by atoms with Gasteiger partial charge in [-0.1, -0.05) is 12.1 Å². The number of pyridine rings is 2. The quantitative estimate of drug-likeness (QED) is 0.458. The third kappa shape index (κ3) is 3.85. The molecule has 1 aliphatic heterocycles. The van der Waals surface area contributed by atoms with Crippen LogP contribution < -0.4 is 9.80 Å². The van der Waals surface area contributed by atoms with Crippen molar-refractivity contribution in [1.29, 1.82) is 0 Å². The van der Waals surface area contributed by atoms with Crippen LogP contribution in [0.5, 0.6) is 0 Å². The average molecular weight is 408 g/mol. The number of nitrogens with zero attached hydrogens (tertiary/aromatic N) is 5. The first kappa shape index (κ1) is 19.2. The molecule has 0 saturated carbocycles. The lowest BCUT2D eigenvalue weighted by atomic mass is 10.1. The Bertz CT molecular complexity index is 1210. The van der Waals surface area contributed by atoms with Crippen molar-refractivity contribution in [2.45, 2.75) is 13.0 Å². The molecular weight excluding hydrogens is 382 g/mol. The lowest BCUT2D eigenvalue weighted by Crippen LogP contribution is -2.46. The van der Waals surface area contributed by atoms with Crippen molar-refractivity contribution in [3.05, 3.63) is 73.3 Å². The number of piperazine rings is 1. The first-order chi connectivity index (χ1) is 15.3. The van der Waals surface area contributed by atoms with Crippen LogP contribution in [-0.4, -0.2) is 40.7 Å². The van der Waals surface area contributed by atoms with Gasteiger partial charge >= 0.3 is 0 Å². The highest BCUT2D eigenvalue weighted by Gasteiger charge is 2.20. The molecule has 154 valence electrons. The fourth-order valence-electron chi connectivity index (χ4n) is 4.35. The zero-order valence-electron chi connectivity index (χ0n) is 17.5. The van der Waals surface area contributed by atoms with Gasteiger partial charge in [-0.15, -0.1) is 12.3 Å². The van der Waals surface area contributed by atoms with E-state index in [2.05, 4.69) is 73.9 Å². The van der Waals surface area contributed by atoms with Crippen LogP contribution in [0.1, 0.15) is 6.42 Å². The SMILES string of the molecule is C#CCCn1ccc2ccc(-c3ncccc3N3CCN(c4ccncc4)CC3)cc21. The van der Waals surface area contributed by atoms with E-state index >= 15 is 0 Å². The summed E-state index contributed by atoms with van der Waals surface area (Å²) in [5, 5.41) is 1.23. The molecule has 0 radical (unpaired) electrons. The minimum atomic E-state index is 0.727. The van der Waals surface area contributed by atoms with Crippen LogP contribution in [0.2, 0.25) is 0 Å². The summed E-state index contributed by atoms with van der Waals surface area (Å²) in [6, 6.07) is 17.1. The van der Waals surface area contributed by atoms with Gasteiger partial charge in [-0.2, -0.15) is 0 Å². The van der Waals surface area contributed by atoms with Crippen LogP contribution in [0.4, 0.5) is 11.4 Å². The van der Waals surface area contributed by atoms with Gasteiger partial charge in [0.2, 0.25) is 0 Å². The summed E-state index contributed by atoms with van der Waals surface area (Å²) < 4.78 is 2.23. The summed E-state index contributed by atoms with van der Waals surface area (Å²) in [4.78, 5) is 13.8. The van der Waals surface area contributed by atoms with E-state index in [1.54, 1.807) is 0 Å². The number of hydrogen-bond donors (Lipinski definition) is 0. The van der Waals surface area contributed by atoms with Crippen LogP contribution in [0.3, 0.4) is 0 Å². The first-order valence-electron chi connectivity index (χ1n) is 10.7. The summed E-state index contributed by atoms with van der Waals surface area (Å²) in [7, 11) is 0. The molecule has 5 rings (SSSR count). The minimum Gasteiger partial charge on any atom is -0.368 e. The first-order valence-corrected chi connectivity index (χ1v) is 10.7. The van der Waals surface area contributed by atoms with E-state index in [0.717, 1.165) is 50.4 Å². The summed E-state index contributed by atoms with van der Waals surface area (Å²) in [6.45, 7) is 4.71. The van der Waals surface area contributed by atoms with E-state index in [1.165, 1.54) is 22.3 Å². The molecule has 5 nitrogen and oxygen atoms in total.